The summed E-state index contributed by atoms with van der Waals surface area (Å²) in [6.45, 7) is 0.520. The summed E-state index contributed by atoms with van der Waals surface area (Å²) in [6, 6.07) is 17.7. The first kappa shape index (κ1) is 45.9. The molecule has 2 saturated heterocycles. The minimum absolute atomic E-state index is 0.225. The van der Waals surface area contributed by atoms with Gasteiger partial charge in [-0.25, -0.2) is 19.2 Å². The number of aryl methyl sites for hydroxylation is 2. The molecule has 0 aliphatic carbocycles. The second-order valence-electron chi connectivity index (χ2n) is 16.9. The molecule has 0 saturated carbocycles. The van der Waals surface area contributed by atoms with Crippen molar-refractivity contribution in [3.8, 4) is 0 Å². The Morgan fingerprint density at radius 1 is 0.652 bits per heavy atom. The van der Waals surface area contributed by atoms with Crippen LogP contribution in [0.1, 0.15) is 44.8 Å². The summed E-state index contributed by atoms with van der Waals surface area (Å²) in [5.74, 6) is -1.86. The van der Waals surface area contributed by atoms with Gasteiger partial charge in [0.05, 0.1) is 13.1 Å². The molecule has 4 unspecified atom stereocenters. The van der Waals surface area contributed by atoms with Crippen molar-refractivity contribution in [2.45, 2.75) is 76.2 Å². The summed E-state index contributed by atoms with van der Waals surface area (Å²) in [7, 11) is 7.21. The number of urea groups is 2. The maximum Gasteiger partial charge on any atom is 0.332 e. The number of esters is 2. The summed E-state index contributed by atoms with van der Waals surface area (Å²) in [4.78, 5) is 92.1. The van der Waals surface area contributed by atoms with E-state index >= 15 is 0 Å². The van der Waals surface area contributed by atoms with E-state index in [0.717, 1.165) is 66.0 Å². The van der Waals surface area contributed by atoms with Crippen LogP contribution in [0.25, 0.3) is 21.8 Å². The predicted octanol–water partition coefficient (Wildman–Crippen LogP) is 6.08. The van der Waals surface area contributed by atoms with E-state index in [1.807, 2.05) is 71.7 Å². The number of hydrogen-bond donors (Lipinski definition) is 4. The highest BCUT2D eigenvalue weighted by molar-refractivity contribution is 7.10. The second-order valence-corrected chi connectivity index (χ2v) is 19.0. The molecule has 6 heterocycles. The number of likely N-dealkylation sites (N-methyl/N-ethyl adjacent to an activating group) is 2. The standard InChI is InChI=1S/C48H52N8O8S2/c1-53(2)41(23-31-25-49-37-13-9-29(21-35(31)37)11-15-39-45(59)55(47(61)51-39)27-33-7-5-19-65-33)63-43(57)17-18-44(58)64-42(54(3)4)24-32-26-50-38-14-10-30(22-36(32)38)12-16-40-46(60)56(48(62)52-40)28-34-8-6-20-66-34/h5-10,13-14,17-22,25-26,39-42,49-50H,11-12,15-16,23-24,27-28H2,1-4H3,(H,51,61)(H,52,62)/b18-17-. The maximum atomic E-state index is 13.1. The lowest BCUT2D eigenvalue weighted by Crippen LogP contribution is -2.35. The number of nitrogens with one attached hydrogen (secondary N) is 4. The van der Waals surface area contributed by atoms with Gasteiger partial charge in [0.15, 0.2) is 12.5 Å². The average Bonchev–Trinajstić information content (AvgIpc) is 4.18. The Morgan fingerprint density at radius 3 is 1.45 bits per heavy atom. The minimum Gasteiger partial charge on any atom is -0.443 e. The Kier molecular flexibility index (Phi) is 14.1. The molecular weight excluding hydrogens is 881 g/mol. The van der Waals surface area contributed by atoms with E-state index in [9.17, 15) is 28.8 Å². The number of benzene rings is 2. The number of amides is 6. The lowest BCUT2D eigenvalue weighted by atomic mass is 10.0. The van der Waals surface area contributed by atoms with Gasteiger partial charge in [-0.3, -0.25) is 29.2 Å². The largest absolute Gasteiger partial charge is 0.443 e. The molecule has 16 nitrogen and oxygen atoms in total. The quantitative estimate of drug-likeness (QED) is 0.0302. The molecule has 0 bridgehead atoms. The van der Waals surface area contributed by atoms with Crippen molar-refractivity contribution in [1.29, 1.82) is 0 Å². The molecule has 0 radical (unpaired) electrons. The summed E-state index contributed by atoms with van der Waals surface area (Å²) in [6.07, 6.45) is 7.33. The minimum atomic E-state index is -0.706. The number of thiophene rings is 2. The second kappa shape index (κ2) is 20.3. The molecule has 2 aliphatic rings. The molecule has 4 atom stereocenters. The van der Waals surface area contributed by atoms with E-state index in [1.165, 1.54) is 32.5 Å². The molecule has 4 N–H and O–H groups in total. The number of rotatable bonds is 20. The Bertz CT molecular complexity index is 2570. The van der Waals surface area contributed by atoms with Crippen LogP contribution in [0.5, 0.6) is 0 Å². The van der Waals surface area contributed by atoms with E-state index in [0.29, 0.717) is 38.5 Å². The number of fused-ring (bicyclic) bond motifs is 2. The van der Waals surface area contributed by atoms with Crippen molar-refractivity contribution in [3.05, 3.63) is 128 Å². The summed E-state index contributed by atoms with van der Waals surface area (Å²) < 4.78 is 11.7. The predicted molar refractivity (Wildman–Crippen MR) is 251 cm³/mol. The topological polar surface area (TPSA) is 189 Å². The zero-order chi connectivity index (χ0) is 46.5. The third kappa shape index (κ3) is 10.7. The first-order valence-corrected chi connectivity index (χ1v) is 23.4. The van der Waals surface area contributed by atoms with Gasteiger partial charge in [0, 0.05) is 68.9 Å². The van der Waals surface area contributed by atoms with Gasteiger partial charge < -0.3 is 30.1 Å². The molecule has 2 fully saturated rings. The Morgan fingerprint density at radius 2 is 1.08 bits per heavy atom. The van der Waals surface area contributed by atoms with E-state index < -0.39 is 36.5 Å². The number of imide groups is 2. The molecule has 2 aromatic carbocycles. The van der Waals surface area contributed by atoms with Crippen LogP contribution in [0.2, 0.25) is 0 Å². The van der Waals surface area contributed by atoms with Crippen LogP contribution in [0.4, 0.5) is 9.59 Å². The van der Waals surface area contributed by atoms with Crippen LogP contribution in [0.15, 0.2) is 96.0 Å². The van der Waals surface area contributed by atoms with Crippen molar-refractivity contribution in [1.82, 2.24) is 40.2 Å². The molecule has 2 aliphatic heterocycles. The van der Waals surface area contributed by atoms with Gasteiger partial charge in [-0.15, -0.1) is 22.7 Å². The van der Waals surface area contributed by atoms with Crippen LogP contribution in [0.3, 0.4) is 0 Å². The molecule has 66 heavy (non-hydrogen) atoms. The SMILES string of the molecule is CN(C)C(Cc1c[nH]c2ccc(CCC3NC(=O)N(Cc4cccs4)C3=O)cc12)OC(=O)/C=C\C(=O)OC(Cc1c[nH]c2ccc(CCC3NC(=O)N(Cc4cccs4)C3=O)cc12)N(C)C. The third-order valence-corrected chi connectivity index (χ3v) is 13.6. The van der Waals surface area contributed by atoms with Crippen LogP contribution in [-0.4, -0.2) is 118 Å². The zero-order valence-corrected chi connectivity index (χ0v) is 38.7. The molecule has 0 spiro atoms. The molecule has 6 amide bonds. The van der Waals surface area contributed by atoms with Gasteiger partial charge in [-0.05, 0) is 123 Å². The van der Waals surface area contributed by atoms with Gasteiger partial charge in [0.25, 0.3) is 11.8 Å². The van der Waals surface area contributed by atoms with Crippen molar-refractivity contribution < 1.29 is 38.2 Å². The number of carbonyl (C=O) groups is 6. The normalized spacial score (nSPS) is 17.5. The molecule has 344 valence electrons. The Balaban J connectivity index is 0.835. The van der Waals surface area contributed by atoms with Crippen LogP contribution >= 0.6 is 22.7 Å². The highest BCUT2D eigenvalue weighted by Gasteiger charge is 2.39. The number of hydrogen-bond acceptors (Lipinski definition) is 12. The van der Waals surface area contributed by atoms with Crippen LogP contribution in [0, 0.1) is 0 Å². The fourth-order valence-corrected chi connectivity index (χ4v) is 9.59. The molecule has 8 rings (SSSR count). The maximum absolute atomic E-state index is 13.1. The number of nitrogens with zero attached hydrogens (tertiary/aromatic N) is 4. The summed E-state index contributed by atoms with van der Waals surface area (Å²) in [5.41, 5.74) is 5.64. The number of ether oxygens (including phenoxy) is 2. The highest BCUT2D eigenvalue weighted by Crippen LogP contribution is 2.27. The van der Waals surface area contributed by atoms with E-state index in [-0.39, 0.29) is 37.0 Å². The summed E-state index contributed by atoms with van der Waals surface area (Å²) >= 11 is 3.01. The number of aromatic nitrogens is 2. The van der Waals surface area contributed by atoms with Crippen molar-refractivity contribution in [2.24, 2.45) is 0 Å². The van der Waals surface area contributed by atoms with E-state index in [1.54, 1.807) is 38.0 Å². The lowest BCUT2D eigenvalue weighted by Gasteiger charge is -2.24. The van der Waals surface area contributed by atoms with Gasteiger partial charge in [0.2, 0.25) is 0 Å². The van der Waals surface area contributed by atoms with Gasteiger partial charge in [0.1, 0.15) is 12.1 Å². The van der Waals surface area contributed by atoms with Gasteiger partial charge in [-0.2, -0.15) is 0 Å². The number of carbonyl (C=O) groups excluding carboxylic acids is 6. The molecular formula is C48H52N8O8S2. The number of H-pyrrole nitrogens is 2. The molecule has 6 aromatic rings. The first-order chi connectivity index (χ1) is 31.8. The lowest BCUT2D eigenvalue weighted by molar-refractivity contribution is -0.153. The smallest absolute Gasteiger partial charge is 0.332 e. The Hall–Kier alpha value is -6.60. The fraction of sp³-hybridized carbons (Fsp3) is 0.333. The Labute approximate surface area is 389 Å². The monoisotopic (exact) mass is 932 g/mol. The van der Waals surface area contributed by atoms with Crippen molar-refractivity contribution in [3.63, 3.8) is 0 Å². The first-order valence-electron chi connectivity index (χ1n) is 21.7. The van der Waals surface area contributed by atoms with Gasteiger partial charge in [-0.1, -0.05) is 24.3 Å². The zero-order valence-electron chi connectivity index (χ0n) is 37.1. The van der Waals surface area contributed by atoms with Crippen LogP contribution in [-0.2, 0) is 67.4 Å². The van der Waals surface area contributed by atoms with Gasteiger partial charge >= 0.3 is 24.0 Å². The summed E-state index contributed by atoms with van der Waals surface area (Å²) in [5, 5.41) is 11.4. The van der Waals surface area contributed by atoms with E-state index in [2.05, 4.69) is 32.7 Å². The molecule has 4 aromatic heterocycles. The van der Waals surface area contributed by atoms with Crippen molar-refractivity contribution >= 4 is 80.3 Å². The number of aromatic amines is 2. The van der Waals surface area contributed by atoms with Crippen LogP contribution < -0.4 is 10.6 Å². The third-order valence-electron chi connectivity index (χ3n) is 11.9. The highest BCUT2D eigenvalue weighted by atomic mass is 32.1. The van der Waals surface area contributed by atoms with E-state index in [4.69, 9.17) is 9.47 Å². The molecule has 18 heteroatoms. The average molecular weight is 933 g/mol. The fourth-order valence-electron chi connectivity index (χ4n) is 8.20. The van der Waals surface area contributed by atoms with Crippen molar-refractivity contribution in [2.75, 3.05) is 28.2 Å².